The van der Waals surface area contributed by atoms with Gasteiger partial charge in [0.05, 0.1) is 10.9 Å². The molecule has 0 fully saturated rings. The Morgan fingerprint density at radius 1 is 1.13 bits per heavy atom. The van der Waals surface area contributed by atoms with Gasteiger partial charge in [0.1, 0.15) is 0 Å². The van der Waals surface area contributed by atoms with Gasteiger partial charge in [-0.3, -0.25) is 4.31 Å². The molecule has 15 heavy (non-hydrogen) atoms. The van der Waals surface area contributed by atoms with Crippen molar-refractivity contribution >= 4 is 15.7 Å². The zero-order valence-electron chi connectivity index (χ0n) is 9.56. The van der Waals surface area contributed by atoms with Gasteiger partial charge in [-0.2, -0.15) is 0 Å². The molecule has 84 valence electrons. The van der Waals surface area contributed by atoms with Crippen molar-refractivity contribution in [1.29, 1.82) is 0 Å². The maximum absolute atomic E-state index is 11.8. The predicted molar refractivity (Wildman–Crippen MR) is 63.6 cm³/mol. The first kappa shape index (κ1) is 12.0. The molecule has 3 nitrogen and oxygen atoms in total. The number of aryl methyl sites for hydroxylation is 1. The largest absolute Gasteiger partial charge is 0.273 e. The Balaban J connectivity index is 3.05. The van der Waals surface area contributed by atoms with Crippen molar-refractivity contribution in [1.82, 2.24) is 0 Å². The van der Waals surface area contributed by atoms with E-state index in [1.54, 1.807) is 20.9 Å². The van der Waals surface area contributed by atoms with Gasteiger partial charge >= 0.3 is 0 Å². The molecule has 0 saturated carbocycles. The van der Waals surface area contributed by atoms with E-state index in [0.29, 0.717) is 5.69 Å². The summed E-state index contributed by atoms with van der Waals surface area (Å²) in [6.45, 7) is 5.33. The summed E-state index contributed by atoms with van der Waals surface area (Å²) in [4.78, 5) is 0. The lowest BCUT2D eigenvalue weighted by molar-refractivity contribution is 0.585. The molecule has 0 amide bonds. The number of hydrogen-bond donors (Lipinski definition) is 0. The van der Waals surface area contributed by atoms with Gasteiger partial charge in [0.15, 0.2) is 0 Å². The Bertz CT molecular complexity index is 420. The first-order valence-electron chi connectivity index (χ1n) is 4.90. The molecule has 0 radical (unpaired) electrons. The molecular weight excluding hydrogens is 210 g/mol. The fourth-order valence-corrected chi connectivity index (χ4v) is 2.27. The average Bonchev–Trinajstić information content (AvgIpc) is 2.17. The minimum Gasteiger partial charge on any atom is -0.273 e. The van der Waals surface area contributed by atoms with Crippen LogP contribution in [0.1, 0.15) is 19.4 Å². The second kappa shape index (κ2) is 4.23. The molecular formula is C11H17NO2S. The molecule has 0 saturated heterocycles. The van der Waals surface area contributed by atoms with Gasteiger partial charge in [0, 0.05) is 7.05 Å². The third-order valence-electron chi connectivity index (χ3n) is 2.38. The summed E-state index contributed by atoms with van der Waals surface area (Å²) in [5.41, 5.74) is 1.82. The van der Waals surface area contributed by atoms with Crippen LogP contribution < -0.4 is 4.31 Å². The van der Waals surface area contributed by atoms with Gasteiger partial charge in [-0.05, 0) is 32.9 Å². The maximum atomic E-state index is 11.8. The van der Waals surface area contributed by atoms with Crippen molar-refractivity contribution in [2.45, 2.75) is 26.0 Å². The molecule has 0 aromatic heterocycles. The van der Waals surface area contributed by atoms with Gasteiger partial charge in [-0.15, -0.1) is 0 Å². The van der Waals surface area contributed by atoms with E-state index in [1.165, 1.54) is 4.31 Å². The number of nitrogens with zero attached hydrogens (tertiary/aromatic N) is 1. The summed E-state index contributed by atoms with van der Waals surface area (Å²) in [6.07, 6.45) is 0. The molecule has 1 aromatic carbocycles. The highest BCUT2D eigenvalue weighted by molar-refractivity contribution is 7.93. The predicted octanol–water partition coefficient (Wildman–Crippen LogP) is 2.17. The smallest absolute Gasteiger partial charge is 0.237 e. The molecule has 0 spiro atoms. The first-order valence-corrected chi connectivity index (χ1v) is 6.40. The monoisotopic (exact) mass is 227 g/mol. The minimum absolute atomic E-state index is 0.399. The summed E-state index contributed by atoms with van der Waals surface area (Å²) in [5.74, 6) is 0. The second-order valence-electron chi connectivity index (χ2n) is 3.90. The van der Waals surface area contributed by atoms with E-state index in [1.807, 2.05) is 31.2 Å². The van der Waals surface area contributed by atoms with Crippen molar-refractivity contribution in [2.75, 3.05) is 11.4 Å². The number of benzene rings is 1. The Morgan fingerprint density at radius 2 is 1.60 bits per heavy atom. The van der Waals surface area contributed by atoms with Crippen molar-refractivity contribution in [2.24, 2.45) is 0 Å². The van der Waals surface area contributed by atoms with Gasteiger partial charge in [-0.1, -0.05) is 17.7 Å². The van der Waals surface area contributed by atoms with Crippen LogP contribution in [0.4, 0.5) is 5.69 Å². The zero-order chi connectivity index (χ0) is 11.6. The summed E-state index contributed by atoms with van der Waals surface area (Å²) in [7, 11) is -1.63. The summed E-state index contributed by atoms with van der Waals surface area (Å²) in [5, 5.41) is -0.399. The SMILES string of the molecule is Cc1ccc(N(C)S(=O)(=O)C(C)C)cc1. The van der Waals surface area contributed by atoms with Crippen LogP contribution in [0.15, 0.2) is 24.3 Å². The van der Waals surface area contributed by atoms with E-state index in [9.17, 15) is 8.42 Å². The molecule has 0 aliphatic heterocycles. The van der Waals surface area contributed by atoms with Crippen LogP contribution in [0.5, 0.6) is 0 Å². The summed E-state index contributed by atoms with van der Waals surface area (Å²) < 4.78 is 25.0. The molecule has 0 N–H and O–H groups in total. The molecule has 0 aliphatic rings. The number of hydrogen-bond acceptors (Lipinski definition) is 2. The maximum Gasteiger partial charge on any atom is 0.237 e. The van der Waals surface area contributed by atoms with Crippen LogP contribution >= 0.6 is 0 Å². The van der Waals surface area contributed by atoms with Gasteiger partial charge in [0.2, 0.25) is 10.0 Å². The minimum atomic E-state index is -3.21. The van der Waals surface area contributed by atoms with Gasteiger partial charge in [-0.25, -0.2) is 8.42 Å². The van der Waals surface area contributed by atoms with E-state index in [-0.39, 0.29) is 0 Å². The molecule has 0 heterocycles. The molecule has 0 bridgehead atoms. The van der Waals surface area contributed by atoms with Crippen LogP contribution in [-0.2, 0) is 10.0 Å². The molecule has 0 atom stereocenters. The quantitative estimate of drug-likeness (QED) is 0.793. The topological polar surface area (TPSA) is 37.4 Å². The van der Waals surface area contributed by atoms with Crippen LogP contribution in [0, 0.1) is 6.92 Å². The fraction of sp³-hybridized carbons (Fsp3) is 0.455. The van der Waals surface area contributed by atoms with Crippen LogP contribution in [0.2, 0.25) is 0 Å². The molecule has 4 heteroatoms. The molecule has 0 aliphatic carbocycles. The lowest BCUT2D eigenvalue weighted by Crippen LogP contribution is -2.32. The number of anilines is 1. The highest BCUT2D eigenvalue weighted by Crippen LogP contribution is 2.18. The van der Waals surface area contributed by atoms with Crippen molar-refractivity contribution < 1.29 is 8.42 Å². The number of sulfonamides is 1. The highest BCUT2D eigenvalue weighted by atomic mass is 32.2. The standard InChI is InChI=1S/C11H17NO2S/c1-9(2)15(13,14)12(4)11-7-5-10(3)6-8-11/h5-9H,1-4H3. The molecule has 1 rings (SSSR count). The van der Waals surface area contributed by atoms with Crippen molar-refractivity contribution in [3.8, 4) is 0 Å². The summed E-state index contributed by atoms with van der Waals surface area (Å²) in [6, 6.07) is 7.44. The van der Waals surface area contributed by atoms with E-state index in [2.05, 4.69) is 0 Å². The van der Waals surface area contributed by atoms with Crippen LogP contribution in [0.25, 0.3) is 0 Å². The fourth-order valence-electron chi connectivity index (χ4n) is 1.22. The molecule has 1 aromatic rings. The van der Waals surface area contributed by atoms with Gasteiger partial charge < -0.3 is 0 Å². The lowest BCUT2D eigenvalue weighted by atomic mass is 10.2. The van der Waals surface area contributed by atoms with Crippen LogP contribution in [-0.4, -0.2) is 20.7 Å². The molecule has 0 unspecified atom stereocenters. The van der Waals surface area contributed by atoms with Crippen molar-refractivity contribution in [3.63, 3.8) is 0 Å². The third-order valence-corrected chi connectivity index (χ3v) is 4.54. The summed E-state index contributed by atoms with van der Waals surface area (Å²) >= 11 is 0. The normalized spacial score (nSPS) is 11.8. The zero-order valence-corrected chi connectivity index (χ0v) is 10.4. The van der Waals surface area contributed by atoms with E-state index >= 15 is 0 Å². The van der Waals surface area contributed by atoms with E-state index in [4.69, 9.17) is 0 Å². The van der Waals surface area contributed by atoms with Crippen molar-refractivity contribution in [3.05, 3.63) is 29.8 Å². The Kier molecular flexibility index (Phi) is 3.39. The lowest BCUT2D eigenvalue weighted by Gasteiger charge is -2.21. The third kappa shape index (κ3) is 2.50. The Hall–Kier alpha value is -1.03. The first-order chi connectivity index (χ1) is 6.85. The number of rotatable bonds is 3. The highest BCUT2D eigenvalue weighted by Gasteiger charge is 2.22. The van der Waals surface area contributed by atoms with Crippen LogP contribution in [0.3, 0.4) is 0 Å². The second-order valence-corrected chi connectivity index (χ2v) is 6.42. The Morgan fingerprint density at radius 3 is 2.00 bits per heavy atom. The van der Waals surface area contributed by atoms with E-state index < -0.39 is 15.3 Å². The van der Waals surface area contributed by atoms with Gasteiger partial charge in [0.25, 0.3) is 0 Å². The Labute approximate surface area is 91.8 Å². The average molecular weight is 227 g/mol. The van der Waals surface area contributed by atoms with E-state index in [0.717, 1.165) is 5.56 Å².